The Balaban J connectivity index is 1.54. The Morgan fingerprint density at radius 3 is 2.75 bits per heavy atom. The second kappa shape index (κ2) is 7.48. The largest absolute Gasteiger partial charge is 0.345 e. The van der Waals surface area contributed by atoms with Crippen LogP contribution in [0.4, 0.5) is 0 Å². The smallest absolute Gasteiger partial charge is 0.228 e. The van der Waals surface area contributed by atoms with Crippen LogP contribution in [0.1, 0.15) is 55.7 Å². The number of carbonyl (C=O) groups is 3. The maximum Gasteiger partial charge on any atom is 0.228 e. The van der Waals surface area contributed by atoms with Crippen LogP contribution in [0, 0.1) is 5.92 Å². The third-order valence-corrected chi connectivity index (χ3v) is 6.17. The molecule has 0 spiro atoms. The SMILES string of the molecule is CC(=O)N1CCc2nc([C@H]3CCCCN3C(=O)[C@H]3CC(=O)N(C)C3)ncc2C1. The van der Waals surface area contributed by atoms with Crippen molar-refractivity contribution in [3.8, 4) is 0 Å². The summed E-state index contributed by atoms with van der Waals surface area (Å²) in [6.45, 7) is 3.98. The number of fused-ring (bicyclic) bond motifs is 1. The first-order valence-electron chi connectivity index (χ1n) is 10.1. The maximum absolute atomic E-state index is 13.1. The molecule has 0 aliphatic carbocycles. The Morgan fingerprint density at radius 2 is 2.04 bits per heavy atom. The van der Waals surface area contributed by atoms with Gasteiger partial charge in [-0.25, -0.2) is 9.97 Å². The van der Waals surface area contributed by atoms with Crippen molar-refractivity contribution in [1.29, 1.82) is 0 Å². The summed E-state index contributed by atoms with van der Waals surface area (Å²) in [6, 6.07) is -0.126. The number of nitrogens with zero attached hydrogens (tertiary/aromatic N) is 5. The summed E-state index contributed by atoms with van der Waals surface area (Å²) in [5.41, 5.74) is 1.97. The van der Waals surface area contributed by atoms with Crippen LogP contribution in [0.15, 0.2) is 6.20 Å². The van der Waals surface area contributed by atoms with Gasteiger partial charge in [0.25, 0.3) is 0 Å². The van der Waals surface area contributed by atoms with Crippen molar-refractivity contribution in [1.82, 2.24) is 24.7 Å². The van der Waals surface area contributed by atoms with Crippen LogP contribution < -0.4 is 0 Å². The minimum atomic E-state index is -0.264. The fraction of sp³-hybridized carbons (Fsp3) is 0.650. The molecule has 0 radical (unpaired) electrons. The van der Waals surface area contributed by atoms with Gasteiger partial charge in [-0.15, -0.1) is 0 Å². The highest BCUT2D eigenvalue weighted by Crippen LogP contribution is 2.32. The molecule has 2 saturated heterocycles. The highest BCUT2D eigenvalue weighted by Gasteiger charge is 2.39. The molecule has 8 nitrogen and oxygen atoms in total. The van der Waals surface area contributed by atoms with E-state index in [2.05, 4.69) is 4.98 Å². The van der Waals surface area contributed by atoms with Gasteiger partial charge in [0.05, 0.1) is 17.7 Å². The highest BCUT2D eigenvalue weighted by molar-refractivity contribution is 5.89. The molecule has 28 heavy (non-hydrogen) atoms. The molecule has 0 bridgehead atoms. The summed E-state index contributed by atoms with van der Waals surface area (Å²) in [6.07, 6.45) is 5.68. The van der Waals surface area contributed by atoms with E-state index in [1.807, 2.05) is 11.1 Å². The lowest BCUT2D eigenvalue weighted by Crippen LogP contribution is -2.43. The fourth-order valence-electron chi connectivity index (χ4n) is 4.49. The molecular formula is C20H27N5O3. The zero-order valence-corrected chi connectivity index (χ0v) is 16.6. The number of carbonyl (C=O) groups excluding carboxylic acids is 3. The van der Waals surface area contributed by atoms with Gasteiger partial charge >= 0.3 is 0 Å². The lowest BCUT2D eigenvalue weighted by molar-refractivity contribution is -0.139. The fourth-order valence-corrected chi connectivity index (χ4v) is 4.49. The van der Waals surface area contributed by atoms with Gasteiger partial charge in [0.2, 0.25) is 17.7 Å². The standard InChI is InChI=1S/C20H27N5O3/c1-13(26)24-8-6-16-15(12-24)10-21-19(22-16)17-5-3-4-7-25(17)20(28)14-9-18(27)23(2)11-14/h10,14,17H,3-9,11-12H2,1-2H3/t14-,17+/m0/s1. The van der Waals surface area contributed by atoms with E-state index >= 15 is 0 Å². The van der Waals surface area contributed by atoms with E-state index in [0.29, 0.717) is 44.8 Å². The molecular weight excluding hydrogens is 358 g/mol. The van der Waals surface area contributed by atoms with E-state index in [1.54, 1.807) is 23.8 Å². The van der Waals surface area contributed by atoms with E-state index in [1.165, 1.54) is 0 Å². The molecule has 0 aromatic carbocycles. The lowest BCUT2D eigenvalue weighted by atomic mass is 9.97. The number of aromatic nitrogens is 2. The molecule has 4 rings (SSSR count). The van der Waals surface area contributed by atoms with Crippen LogP contribution >= 0.6 is 0 Å². The van der Waals surface area contributed by atoms with Crippen molar-refractivity contribution in [2.45, 2.75) is 51.6 Å². The molecule has 3 aliphatic heterocycles. The molecule has 2 atom stereocenters. The van der Waals surface area contributed by atoms with E-state index in [9.17, 15) is 14.4 Å². The number of hydrogen-bond acceptors (Lipinski definition) is 5. The summed E-state index contributed by atoms with van der Waals surface area (Å²) in [5, 5.41) is 0. The summed E-state index contributed by atoms with van der Waals surface area (Å²) < 4.78 is 0. The van der Waals surface area contributed by atoms with Crippen molar-refractivity contribution in [2.24, 2.45) is 5.92 Å². The Labute approximate surface area is 164 Å². The second-order valence-electron chi connectivity index (χ2n) is 8.11. The topological polar surface area (TPSA) is 86.7 Å². The number of hydrogen-bond donors (Lipinski definition) is 0. The molecule has 0 unspecified atom stereocenters. The van der Waals surface area contributed by atoms with Crippen molar-refractivity contribution >= 4 is 17.7 Å². The van der Waals surface area contributed by atoms with Crippen LogP contribution in [0.3, 0.4) is 0 Å². The molecule has 2 fully saturated rings. The molecule has 3 amide bonds. The van der Waals surface area contributed by atoms with Crippen LogP contribution in [0.2, 0.25) is 0 Å². The zero-order chi connectivity index (χ0) is 19.8. The Kier molecular flexibility index (Phi) is 5.03. The van der Waals surface area contributed by atoms with Gasteiger partial charge in [0.1, 0.15) is 0 Å². The normalized spacial score (nSPS) is 25.1. The van der Waals surface area contributed by atoms with E-state index < -0.39 is 0 Å². The molecule has 1 aromatic rings. The molecule has 8 heteroatoms. The molecule has 3 aliphatic rings. The first-order valence-corrected chi connectivity index (χ1v) is 10.1. The number of piperidine rings is 1. The summed E-state index contributed by atoms with van der Waals surface area (Å²) >= 11 is 0. The lowest BCUT2D eigenvalue weighted by Gasteiger charge is -2.36. The summed E-state index contributed by atoms with van der Waals surface area (Å²) in [7, 11) is 1.75. The van der Waals surface area contributed by atoms with Gasteiger partial charge in [-0.1, -0.05) is 0 Å². The number of likely N-dealkylation sites (tertiary alicyclic amines) is 2. The third kappa shape index (κ3) is 3.47. The van der Waals surface area contributed by atoms with Crippen LogP contribution in [0.25, 0.3) is 0 Å². The van der Waals surface area contributed by atoms with Gasteiger partial charge in [-0.2, -0.15) is 0 Å². The van der Waals surface area contributed by atoms with Gasteiger partial charge in [0, 0.05) is 64.8 Å². The van der Waals surface area contributed by atoms with E-state index in [4.69, 9.17) is 4.98 Å². The first-order chi connectivity index (χ1) is 13.4. The number of rotatable bonds is 2. The first kappa shape index (κ1) is 18.8. The average Bonchev–Trinajstić information content (AvgIpc) is 3.05. The van der Waals surface area contributed by atoms with Gasteiger partial charge < -0.3 is 14.7 Å². The monoisotopic (exact) mass is 385 g/mol. The number of amides is 3. The van der Waals surface area contributed by atoms with Crippen LogP contribution in [0.5, 0.6) is 0 Å². The second-order valence-corrected chi connectivity index (χ2v) is 8.11. The quantitative estimate of drug-likeness (QED) is 0.755. The zero-order valence-electron chi connectivity index (χ0n) is 16.6. The highest BCUT2D eigenvalue weighted by atomic mass is 16.2. The summed E-state index contributed by atoms with van der Waals surface area (Å²) in [4.78, 5) is 51.3. The molecule has 0 saturated carbocycles. The van der Waals surface area contributed by atoms with Crippen molar-refractivity contribution < 1.29 is 14.4 Å². The predicted octanol–water partition coefficient (Wildman–Crippen LogP) is 0.913. The van der Waals surface area contributed by atoms with Gasteiger partial charge in [0.15, 0.2) is 5.82 Å². The van der Waals surface area contributed by atoms with Crippen molar-refractivity contribution in [2.75, 3.05) is 26.7 Å². The molecule has 0 N–H and O–H groups in total. The molecule has 1 aromatic heterocycles. The minimum Gasteiger partial charge on any atom is -0.345 e. The van der Waals surface area contributed by atoms with Crippen molar-refractivity contribution in [3.63, 3.8) is 0 Å². The van der Waals surface area contributed by atoms with Crippen molar-refractivity contribution in [3.05, 3.63) is 23.3 Å². The van der Waals surface area contributed by atoms with E-state index in [-0.39, 0.29) is 29.7 Å². The van der Waals surface area contributed by atoms with Crippen LogP contribution in [-0.2, 0) is 27.3 Å². The Bertz CT molecular complexity index is 811. The van der Waals surface area contributed by atoms with E-state index in [0.717, 1.165) is 30.5 Å². The average molecular weight is 385 g/mol. The van der Waals surface area contributed by atoms with Gasteiger partial charge in [-0.05, 0) is 19.3 Å². The third-order valence-electron chi connectivity index (χ3n) is 6.17. The summed E-state index contributed by atoms with van der Waals surface area (Å²) in [5.74, 6) is 0.578. The molecule has 4 heterocycles. The Hall–Kier alpha value is -2.51. The van der Waals surface area contributed by atoms with Crippen LogP contribution in [-0.4, -0.2) is 69.1 Å². The Morgan fingerprint density at radius 1 is 1.21 bits per heavy atom. The predicted molar refractivity (Wildman–Crippen MR) is 101 cm³/mol. The maximum atomic E-state index is 13.1. The molecule has 150 valence electrons. The van der Waals surface area contributed by atoms with Gasteiger partial charge in [-0.3, -0.25) is 14.4 Å². The minimum absolute atomic E-state index is 0.0342.